The maximum Gasteiger partial charge on any atom is 0.261 e. The van der Waals surface area contributed by atoms with Crippen molar-refractivity contribution in [3.8, 4) is 0 Å². The summed E-state index contributed by atoms with van der Waals surface area (Å²) in [5, 5.41) is 3.02. The molecular weight excluding hydrogens is 298 g/mol. The average molecular weight is 317 g/mol. The second kappa shape index (κ2) is 7.14. The summed E-state index contributed by atoms with van der Waals surface area (Å²) in [6.45, 7) is 0.735. The van der Waals surface area contributed by atoms with E-state index in [0.29, 0.717) is 0 Å². The molecule has 1 aliphatic rings. The van der Waals surface area contributed by atoms with Crippen LogP contribution in [0.5, 0.6) is 0 Å². The van der Waals surface area contributed by atoms with Crippen LogP contribution >= 0.6 is 23.1 Å². The van der Waals surface area contributed by atoms with Gasteiger partial charge < -0.3 is 5.32 Å². The van der Waals surface area contributed by atoms with E-state index in [0.717, 1.165) is 35.8 Å². The van der Waals surface area contributed by atoms with Gasteiger partial charge in [0.25, 0.3) is 5.91 Å². The highest BCUT2D eigenvalue weighted by atomic mass is 32.2. The summed E-state index contributed by atoms with van der Waals surface area (Å²) in [6, 6.07) is 12.5. The SMILES string of the molecule is O=C(NCCSCc1ccccc1)c1cc2c(s1)CCC2. The van der Waals surface area contributed by atoms with Crippen LogP contribution in [0.25, 0.3) is 0 Å². The number of carbonyl (C=O) groups excluding carboxylic acids is 1. The maximum absolute atomic E-state index is 12.1. The molecule has 0 spiro atoms. The van der Waals surface area contributed by atoms with Gasteiger partial charge >= 0.3 is 0 Å². The van der Waals surface area contributed by atoms with Gasteiger partial charge in [-0.05, 0) is 36.5 Å². The van der Waals surface area contributed by atoms with Crippen LogP contribution in [0.1, 0.15) is 32.1 Å². The van der Waals surface area contributed by atoms with E-state index in [1.165, 1.54) is 22.4 Å². The molecule has 0 saturated heterocycles. The summed E-state index contributed by atoms with van der Waals surface area (Å²) in [6.07, 6.45) is 3.55. The Hall–Kier alpha value is -1.26. The fourth-order valence-corrected chi connectivity index (χ4v) is 4.52. The number of hydrogen-bond acceptors (Lipinski definition) is 3. The largest absolute Gasteiger partial charge is 0.351 e. The highest BCUT2D eigenvalue weighted by Crippen LogP contribution is 2.30. The van der Waals surface area contributed by atoms with E-state index < -0.39 is 0 Å². The third kappa shape index (κ3) is 3.89. The number of aryl methyl sites for hydroxylation is 2. The van der Waals surface area contributed by atoms with Gasteiger partial charge in [0.05, 0.1) is 4.88 Å². The van der Waals surface area contributed by atoms with Crippen molar-refractivity contribution in [2.24, 2.45) is 0 Å². The van der Waals surface area contributed by atoms with E-state index in [1.807, 2.05) is 17.8 Å². The van der Waals surface area contributed by atoms with Crippen LogP contribution in [-0.4, -0.2) is 18.2 Å². The van der Waals surface area contributed by atoms with E-state index in [9.17, 15) is 4.79 Å². The predicted molar refractivity (Wildman–Crippen MR) is 91.3 cm³/mol. The van der Waals surface area contributed by atoms with Gasteiger partial charge in [0.2, 0.25) is 0 Å². The molecule has 0 aliphatic heterocycles. The number of thioether (sulfide) groups is 1. The molecule has 1 heterocycles. The summed E-state index contributed by atoms with van der Waals surface area (Å²) < 4.78 is 0. The van der Waals surface area contributed by atoms with Gasteiger partial charge in [-0.15, -0.1) is 11.3 Å². The molecule has 0 fully saturated rings. The highest BCUT2D eigenvalue weighted by Gasteiger charge is 2.17. The third-order valence-corrected chi connectivity index (χ3v) is 5.88. The van der Waals surface area contributed by atoms with E-state index >= 15 is 0 Å². The number of nitrogens with one attached hydrogen (secondary N) is 1. The first-order valence-electron chi connectivity index (χ1n) is 7.34. The monoisotopic (exact) mass is 317 g/mol. The second-order valence-electron chi connectivity index (χ2n) is 5.21. The minimum Gasteiger partial charge on any atom is -0.351 e. The van der Waals surface area contributed by atoms with E-state index in [1.54, 1.807) is 11.3 Å². The van der Waals surface area contributed by atoms with Gasteiger partial charge in [-0.3, -0.25) is 4.79 Å². The van der Waals surface area contributed by atoms with Crippen LogP contribution in [0.2, 0.25) is 0 Å². The van der Waals surface area contributed by atoms with E-state index in [4.69, 9.17) is 0 Å². The zero-order valence-corrected chi connectivity index (χ0v) is 13.6. The molecule has 0 radical (unpaired) electrons. The number of hydrogen-bond donors (Lipinski definition) is 1. The van der Waals surface area contributed by atoms with Crippen molar-refractivity contribution >= 4 is 29.0 Å². The van der Waals surface area contributed by atoms with Crippen LogP contribution in [0.15, 0.2) is 36.4 Å². The van der Waals surface area contributed by atoms with Crippen LogP contribution in [0.4, 0.5) is 0 Å². The van der Waals surface area contributed by atoms with Crippen LogP contribution in [0, 0.1) is 0 Å². The molecule has 0 saturated carbocycles. The average Bonchev–Trinajstić information content (AvgIpc) is 3.09. The van der Waals surface area contributed by atoms with Gasteiger partial charge in [0.1, 0.15) is 0 Å². The summed E-state index contributed by atoms with van der Waals surface area (Å²) in [4.78, 5) is 14.4. The van der Waals surface area contributed by atoms with Crippen molar-refractivity contribution in [2.45, 2.75) is 25.0 Å². The van der Waals surface area contributed by atoms with Gasteiger partial charge in [0.15, 0.2) is 0 Å². The Morgan fingerprint density at radius 3 is 2.90 bits per heavy atom. The Morgan fingerprint density at radius 2 is 2.10 bits per heavy atom. The highest BCUT2D eigenvalue weighted by molar-refractivity contribution is 7.98. The van der Waals surface area contributed by atoms with Crippen LogP contribution < -0.4 is 5.32 Å². The fourth-order valence-electron chi connectivity index (χ4n) is 2.53. The Kier molecular flexibility index (Phi) is 4.99. The fraction of sp³-hybridized carbons (Fsp3) is 0.353. The van der Waals surface area contributed by atoms with Crippen molar-refractivity contribution in [2.75, 3.05) is 12.3 Å². The molecule has 4 heteroatoms. The lowest BCUT2D eigenvalue weighted by Crippen LogP contribution is -2.24. The van der Waals surface area contributed by atoms with Crippen molar-refractivity contribution in [1.29, 1.82) is 0 Å². The molecule has 0 atom stereocenters. The number of benzene rings is 1. The first-order chi connectivity index (χ1) is 10.3. The molecule has 2 aromatic rings. The van der Waals surface area contributed by atoms with Crippen molar-refractivity contribution in [3.05, 3.63) is 57.3 Å². The molecule has 21 heavy (non-hydrogen) atoms. The van der Waals surface area contributed by atoms with E-state index in [2.05, 4.69) is 35.6 Å². The quantitative estimate of drug-likeness (QED) is 0.819. The molecule has 1 amide bonds. The predicted octanol–water partition coefficient (Wildman–Crippen LogP) is 3.90. The smallest absolute Gasteiger partial charge is 0.261 e. The molecule has 0 bridgehead atoms. The minimum absolute atomic E-state index is 0.0923. The number of fused-ring (bicyclic) bond motifs is 1. The Bertz CT molecular complexity index is 585. The number of amides is 1. The van der Waals surface area contributed by atoms with Gasteiger partial charge in [-0.2, -0.15) is 11.8 Å². The first kappa shape index (κ1) is 14.7. The second-order valence-corrected chi connectivity index (χ2v) is 7.45. The van der Waals surface area contributed by atoms with E-state index in [-0.39, 0.29) is 5.91 Å². The molecule has 110 valence electrons. The van der Waals surface area contributed by atoms with Crippen molar-refractivity contribution in [1.82, 2.24) is 5.32 Å². The standard InChI is InChI=1S/C17H19NOS2/c19-17(16-11-14-7-4-8-15(14)21-16)18-9-10-20-12-13-5-2-1-3-6-13/h1-3,5-6,11H,4,7-10,12H2,(H,18,19). The summed E-state index contributed by atoms with van der Waals surface area (Å²) in [7, 11) is 0. The minimum atomic E-state index is 0.0923. The molecule has 3 rings (SSSR count). The van der Waals surface area contributed by atoms with Crippen molar-refractivity contribution < 1.29 is 4.79 Å². The Labute approximate surface area is 134 Å². The molecule has 2 nitrogen and oxygen atoms in total. The Morgan fingerprint density at radius 1 is 1.24 bits per heavy atom. The summed E-state index contributed by atoms with van der Waals surface area (Å²) in [5.74, 6) is 2.05. The van der Waals surface area contributed by atoms with Gasteiger partial charge in [0, 0.05) is 22.9 Å². The molecule has 1 aromatic carbocycles. The lowest BCUT2D eigenvalue weighted by atomic mass is 10.2. The number of rotatable bonds is 6. The van der Waals surface area contributed by atoms with Crippen LogP contribution in [0.3, 0.4) is 0 Å². The maximum atomic E-state index is 12.1. The molecule has 0 unspecified atom stereocenters. The number of thiophene rings is 1. The molecule has 1 aliphatic carbocycles. The zero-order chi connectivity index (χ0) is 14.5. The van der Waals surface area contributed by atoms with Gasteiger partial charge in [-0.1, -0.05) is 30.3 Å². The lowest BCUT2D eigenvalue weighted by Gasteiger charge is -2.04. The van der Waals surface area contributed by atoms with Gasteiger partial charge in [-0.25, -0.2) is 0 Å². The molecule has 1 aromatic heterocycles. The third-order valence-electron chi connectivity index (χ3n) is 3.61. The number of carbonyl (C=O) groups is 1. The summed E-state index contributed by atoms with van der Waals surface area (Å²) >= 11 is 3.53. The summed E-state index contributed by atoms with van der Waals surface area (Å²) in [5.41, 5.74) is 2.73. The Balaban J connectivity index is 1.38. The normalized spacial score (nSPS) is 13.1. The molecular formula is C17H19NOS2. The van der Waals surface area contributed by atoms with Crippen LogP contribution in [-0.2, 0) is 18.6 Å². The molecule has 1 N–H and O–H groups in total. The first-order valence-corrected chi connectivity index (χ1v) is 9.31. The van der Waals surface area contributed by atoms with Crippen molar-refractivity contribution in [3.63, 3.8) is 0 Å². The zero-order valence-electron chi connectivity index (χ0n) is 11.9. The topological polar surface area (TPSA) is 29.1 Å². The lowest BCUT2D eigenvalue weighted by molar-refractivity contribution is 0.0960.